The Labute approximate surface area is 204 Å². The number of carbonyl (C=O) groups is 5. The Morgan fingerprint density at radius 1 is 1.00 bits per heavy atom. The summed E-state index contributed by atoms with van der Waals surface area (Å²) in [6.07, 6.45) is 2.15. The average Bonchev–Trinajstić information content (AvgIpc) is 3.25. The molecule has 0 radical (unpaired) electrons. The van der Waals surface area contributed by atoms with E-state index in [0.717, 1.165) is 0 Å². The van der Waals surface area contributed by atoms with Crippen molar-refractivity contribution in [3.8, 4) is 0 Å². The molecule has 0 fully saturated rings. The summed E-state index contributed by atoms with van der Waals surface area (Å²) < 4.78 is 13.6. The molecule has 2 unspecified atom stereocenters. The lowest BCUT2D eigenvalue weighted by molar-refractivity contribution is -0.140. The third-order valence-electron chi connectivity index (χ3n) is 4.69. The molecule has 1 heterocycles. The van der Waals surface area contributed by atoms with Crippen molar-refractivity contribution in [3.05, 3.63) is 11.9 Å². The van der Waals surface area contributed by atoms with Gasteiger partial charge in [-0.3, -0.25) is 14.3 Å². The fourth-order valence-corrected chi connectivity index (χ4v) is 3.12. The van der Waals surface area contributed by atoms with Crippen molar-refractivity contribution in [2.24, 2.45) is 0 Å². The fraction of sp³-hybridized carbons (Fsp3) is 0.632. The van der Waals surface area contributed by atoms with Gasteiger partial charge in [0.1, 0.15) is 12.1 Å². The maximum atomic E-state index is 12.1. The third-order valence-corrected chi connectivity index (χ3v) is 5.02. The van der Waals surface area contributed by atoms with E-state index in [4.69, 9.17) is 10.2 Å². The van der Waals surface area contributed by atoms with Gasteiger partial charge in [-0.15, -0.1) is 5.10 Å². The molecule has 0 aliphatic heterocycles. The van der Waals surface area contributed by atoms with Crippen LogP contribution in [0.5, 0.6) is 0 Å². The van der Waals surface area contributed by atoms with Crippen LogP contribution in [0, 0.1) is 0 Å². The molecular formula is C19H29FN6O8S. The molecule has 0 aliphatic carbocycles. The summed E-state index contributed by atoms with van der Waals surface area (Å²) in [6.45, 7) is 0.660. The van der Waals surface area contributed by atoms with E-state index in [9.17, 15) is 33.0 Å². The fourth-order valence-electron chi connectivity index (χ4n) is 2.86. The van der Waals surface area contributed by atoms with E-state index in [-0.39, 0.29) is 49.6 Å². The number of aryl methyl sites for hydroxylation is 2. The Bertz CT molecular complexity index is 870. The first-order valence-electron chi connectivity index (χ1n) is 10.8. The molecule has 0 bridgehead atoms. The van der Waals surface area contributed by atoms with Crippen LogP contribution in [-0.2, 0) is 32.1 Å². The van der Waals surface area contributed by atoms with Gasteiger partial charge in [0.05, 0.1) is 12.2 Å². The number of rotatable bonds is 18. The molecule has 1 aromatic heterocycles. The smallest absolute Gasteiger partial charge is 0.326 e. The third kappa shape index (κ3) is 13.1. The molecule has 1 rings (SSSR count). The standard InChI is InChI=1S/C19H29FN6O8S/c20-35-10-9-26-11-12(24-25-26)4-6-15(27)21-8-2-1-3-13(17(30)31)22-19(34)23-14(18(32)33)5-7-16(28)29/h11,13-14H,1-10H2,(H,21,27)(H,28,29)(H,30,31)(H,32,33)(H2,22,23,34). The lowest BCUT2D eigenvalue weighted by Gasteiger charge is -2.18. The van der Waals surface area contributed by atoms with Crippen molar-refractivity contribution in [2.45, 2.75) is 63.6 Å². The highest BCUT2D eigenvalue weighted by Crippen LogP contribution is 2.05. The highest BCUT2D eigenvalue weighted by atomic mass is 32.2. The van der Waals surface area contributed by atoms with Crippen molar-refractivity contribution >= 4 is 42.0 Å². The highest BCUT2D eigenvalue weighted by molar-refractivity contribution is 7.94. The number of halogens is 1. The SMILES string of the molecule is O=C(O)CCC(NC(=O)NC(CCCCNC(=O)CCc1cn(CCSF)nn1)C(=O)O)C(=O)O. The summed E-state index contributed by atoms with van der Waals surface area (Å²) in [5.41, 5.74) is 0.603. The molecule has 3 amide bonds. The van der Waals surface area contributed by atoms with E-state index in [1.165, 1.54) is 4.68 Å². The van der Waals surface area contributed by atoms with E-state index >= 15 is 0 Å². The van der Waals surface area contributed by atoms with Crippen LogP contribution in [0.25, 0.3) is 0 Å². The van der Waals surface area contributed by atoms with Crippen LogP contribution in [0.2, 0.25) is 0 Å². The van der Waals surface area contributed by atoms with Crippen LogP contribution in [0.3, 0.4) is 0 Å². The van der Waals surface area contributed by atoms with E-state index in [0.29, 0.717) is 31.5 Å². The topological polar surface area (TPSA) is 213 Å². The zero-order chi connectivity index (χ0) is 26.2. The van der Waals surface area contributed by atoms with Crippen LogP contribution in [0.15, 0.2) is 6.20 Å². The molecule has 0 aliphatic rings. The number of carboxylic acid groups (broad SMARTS) is 3. The summed E-state index contributed by atoms with van der Waals surface area (Å²) in [6, 6.07) is -3.81. The summed E-state index contributed by atoms with van der Waals surface area (Å²) >= 11 is 0.200. The van der Waals surface area contributed by atoms with Crippen LogP contribution in [0.4, 0.5) is 8.68 Å². The molecule has 0 spiro atoms. The molecule has 6 N–H and O–H groups in total. The van der Waals surface area contributed by atoms with Crippen molar-refractivity contribution in [1.82, 2.24) is 30.9 Å². The summed E-state index contributed by atoms with van der Waals surface area (Å²) in [4.78, 5) is 57.0. The lowest BCUT2D eigenvalue weighted by atomic mass is 10.1. The number of carboxylic acids is 3. The van der Waals surface area contributed by atoms with Gasteiger partial charge in [-0.2, -0.15) is 3.89 Å². The number of carbonyl (C=O) groups excluding carboxylic acids is 2. The van der Waals surface area contributed by atoms with Crippen LogP contribution in [0.1, 0.15) is 44.2 Å². The van der Waals surface area contributed by atoms with Crippen LogP contribution in [-0.4, -0.2) is 84.5 Å². The van der Waals surface area contributed by atoms with Gasteiger partial charge < -0.3 is 31.3 Å². The number of hydrogen-bond donors (Lipinski definition) is 6. The molecule has 2 atom stereocenters. The second-order valence-corrected chi connectivity index (χ2v) is 8.09. The average molecular weight is 521 g/mol. The molecule has 196 valence electrons. The summed E-state index contributed by atoms with van der Waals surface area (Å²) in [5, 5.41) is 41.6. The Kier molecular flexibility index (Phi) is 13.7. The second kappa shape index (κ2) is 16.2. The van der Waals surface area contributed by atoms with Gasteiger partial charge >= 0.3 is 23.9 Å². The number of urea groups is 1. The maximum Gasteiger partial charge on any atom is 0.326 e. The number of nitrogens with one attached hydrogen (secondary N) is 3. The Morgan fingerprint density at radius 2 is 1.66 bits per heavy atom. The van der Waals surface area contributed by atoms with Gasteiger partial charge in [0.2, 0.25) is 5.91 Å². The molecule has 14 nitrogen and oxygen atoms in total. The predicted octanol–water partition coefficient (Wildman–Crippen LogP) is 0.185. The summed E-state index contributed by atoms with van der Waals surface area (Å²) in [5.74, 6) is -3.97. The Hall–Kier alpha value is -3.43. The number of unbranched alkanes of at least 4 members (excludes halogenated alkanes) is 1. The zero-order valence-electron chi connectivity index (χ0n) is 18.8. The Balaban J connectivity index is 2.30. The first-order chi connectivity index (χ1) is 16.6. The van der Waals surface area contributed by atoms with Crippen molar-refractivity contribution in [2.75, 3.05) is 12.3 Å². The van der Waals surface area contributed by atoms with E-state index in [1.807, 2.05) is 0 Å². The minimum absolute atomic E-state index is 0.0335. The number of aliphatic carboxylic acids is 3. The molecule has 16 heteroatoms. The zero-order valence-corrected chi connectivity index (χ0v) is 19.6. The summed E-state index contributed by atoms with van der Waals surface area (Å²) in [7, 11) is 0. The van der Waals surface area contributed by atoms with Gasteiger partial charge in [0, 0.05) is 49.9 Å². The van der Waals surface area contributed by atoms with Gasteiger partial charge in [0.15, 0.2) is 0 Å². The molecule has 1 aromatic rings. The number of nitrogens with zero attached hydrogens (tertiary/aromatic N) is 3. The first kappa shape index (κ1) is 29.6. The molecule has 0 saturated carbocycles. The Morgan fingerprint density at radius 3 is 2.26 bits per heavy atom. The monoisotopic (exact) mass is 520 g/mol. The normalized spacial score (nSPS) is 12.4. The van der Waals surface area contributed by atoms with Gasteiger partial charge in [-0.25, -0.2) is 14.4 Å². The lowest BCUT2D eigenvalue weighted by Crippen LogP contribution is -2.51. The van der Waals surface area contributed by atoms with Crippen molar-refractivity contribution < 1.29 is 43.2 Å². The van der Waals surface area contributed by atoms with Gasteiger partial charge in [-0.05, 0) is 25.7 Å². The van der Waals surface area contributed by atoms with Crippen molar-refractivity contribution in [3.63, 3.8) is 0 Å². The maximum absolute atomic E-state index is 12.1. The predicted molar refractivity (Wildman–Crippen MR) is 120 cm³/mol. The van der Waals surface area contributed by atoms with E-state index in [1.54, 1.807) is 6.20 Å². The van der Waals surface area contributed by atoms with Gasteiger partial charge in [-0.1, -0.05) is 5.21 Å². The largest absolute Gasteiger partial charge is 0.481 e. The van der Waals surface area contributed by atoms with E-state index < -0.39 is 42.4 Å². The number of amides is 3. The molecule has 0 aromatic carbocycles. The molecule has 35 heavy (non-hydrogen) atoms. The minimum Gasteiger partial charge on any atom is -0.481 e. The van der Waals surface area contributed by atoms with Crippen LogP contribution < -0.4 is 16.0 Å². The number of hydrogen-bond acceptors (Lipinski definition) is 8. The quantitative estimate of drug-likeness (QED) is 0.144. The van der Waals surface area contributed by atoms with Crippen molar-refractivity contribution in [1.29, 1.82) is 0 Å². The first-order valence-corrected chi connectivity index (χ1v) is 11.6. The number of aromatic nitrogens is 3. The molecule has 0 saturated heterocycles. The highest BCUT2D eigenvalue weighted by Gasteiger charge is 2.24. The minimum atomic E-state index is -1.48. The van der Waals surface area contributed by atoms with E-state index in [2.05, 4.69) is 26.3 Å². The molecular weight excluding hydrogens is 491 g/mol. The second-order valence-electron chi connectivity index (χ2n) is 7.46. The van der Waals surface area contributed by atoms with Gasteiger partial charge in [0.25, 0.3) is 0 Å². The van der Waals surface area contributed by atoms with Crippen LogP contribution >= 0.6 is 12.1 Å².